The van der Waals surface area contributed by atoms with E-state index in [1.807, 2.05) is 13.8 Å². The van der Waals surface area contributed by atoms with Gasteiger partial charge in [0.1, 0.15) is 11.5 Å². The molecule has 222 valence electrons. The number of rotatable bonds is 9. The van der Waals surface area contributed by atoms with E-state index in [-0.39, 0.29) is 11.1 Å². The number of esters is 2. The van der Waals surface area contributed by atoms with Gasteiger partial charge in [0.25, 0.3) is 5.56 Å². The van der Waals surface area contributed by atoms with Crippen molar-refractivity contribution in [3.05, 3.63) is 102 Å². The monoisotopic (exact) mass is 622 g/mol. The molecule has 5 rings (SSSR count). The lowest BCUT2D eigenvalue weighted by atomic mass is 9.97. The van der Waals surface area contributed by atoms with Crippen molar-refractivity contribution >= 4 is 41.0 Å². The highest BCUT2D eigenvalue weighted by Crippen LogP contribution is 2.35. The fraction of sp³-hybridized carbons (Fsp3) is 0.226. The van der Waals surface area contributed by atoms with Crippen molar-refractivity contribution in [1.29, 1.82) is 0 Å². The highest BCUT2D eigenvalue weighted by molar-refractivity contribution is 7.07. The molecule has 0 unspecified atom stereocenters. The van der Waals surface area contributed by atoms with Crippen LogP contribution in [0.5, 0.6) is 11.5 Å². The Hall–Kier alpha value is -4.61. The zero-order valence-corrected chi connectivity index (χ0v) is 25.3. The third-order valence-electron chi connectivity index (χ3n) is 6.56. The Bertz CT molecular complexity index is 1920. The molecule has 0 spiro atoms. The van der Waals surface area contributed by atoms with Crippen molar-refractivity contribution < 1.29 is 33.0 Å². The lowest BCUT2D eigenvalue weighted by molar-refractivity contribution is -0.136. The summed E-state index contributed by atoms with van der Waals surface area (Å²) in [7, 11) is 2.57. The zero-order valence-electron chi connectivity index (χ0n) is 23.7. The van der Waals surface area contributed by atoms with E-state index in [1.165, 1.54) is 25.0 Å². The first kappa shape index (κ1) is 29.9. The Morgan fingerprint density at radius 3 is 2.47 bits per heavy atom. The summed E-state index contributed by atoms with van der Waals surface area (Å²) < 4.78 is 29.1. The maximum absolute atomic E-state index is 13.9. The standard InChI is InChI=1S/C31H27ClN2O8S/c1-5-40-24-11-8-17(14-25(24)41-6-2)27-21(30(37)39-4)16-33-31-34(27)28(35)26(43-31)15-19-9-12-23(42-19)20-13-18(29(36)38-3)7-10-22(20)32/h7-16,27H,5-6H2,1-4H3/b26-15-/t27-/m1/s1. The van der Waals surface area contributed by atoms with E-state index in [2.05, 4.69) is 4.99 Å². The van der Waals surface area contributed by atoms with Crippen LogP contribution in [0.4, 0.5) is 0 Å². The minimum absolute atomic E-state index is 0.188. The van der Waals surface area contributed by atoms with Gasteiger partial charge in [-0.05, 0) is 61.9 Å². The summed E-state index contributed by atoms with van der Waals surface area (Å²) in [5.74, 6) is 0.698. The van der Waals surface area contributed by atoms with Gasteiger partial charge in [0, 0.05) is 17.8 Å². The highest BCUT2D eigenvalue weighted by Gasteiger charge is 2.31. The Morgan fingerprint density at radius 1 is 1.00 bits per heavy atom. The Morgan fingerprint density at radius 2 is 1.74 bits per heavy atom. The maximum Gasteiger partial charge on any atom is 0.337 e. The van der Waals surface area contributed by atoms with Crippen LogP contribution in [0.1, 0.15) is 41.6 Å². The Balaban J connectivity index is 1.59. The summed E-state index contributed by atoms with van der Waals surface area (Å²) in [5.41, 5.74) is 1.24. The molecule has 0 radical (unpaired) electrons. The molecule has 10 nitrogen and oxygen atoms in total. The van der Waals surface area contributed by atoms with Gasteiger partial charge in [0.2, 0.25) is 0 Å². The predicted molar refractivity (Wildman–Crippen MR) is 160 cm³/mol. The van der Waals surface area contributed by atoms with E-state index in [0.29, 0.717) is 67.3 Å². The molecule has 1 aliphatic heterocycles. The molecule has 1 aliphatic rings. The number of nitrogens with zero attached hydrogens (tertiary/aromatic N) is 2. The minimum Gasteiger partial charge on any atom is -0.490 e. The van der Waals surface area contributed by atoms with Crippen LogP contribution in [0, 0.1) is 0 Å². The molecule has 0 fully saturated rings. The maximum atomic E-state index is 13.9. The number of ether oxygens (including phenoxy) is 4. The summed E-state index contributed by atoms with van der Waals surface area (Å²) in [6.45, 7) is 4.57. The summed E-state index contributed by atoms with van der Waals surface area (Å²) in [6.07, 6.45) is 3.01. The number of hydrogen-bond donors (Lipinski definition) is 0. The highest BCUT2D eigenvalue weighted by atomic mass is 35.5. The number of halogens is 1. The molecule has 0 N–H and O–H groups in total. The lowest BCUT2D eigenvalue weighted by Gasteiger charge is -2.23. The average Bonchev–Trinajstić information content (AvgIpc) is 3.61. The van der Waals surface area contributed by atoms with Crippen molar-refractivity contribution in [3.8, 4) is 22.8 Å². The first-order valence-electron chi connectivity index (χ1n) is 13.3. The van der Waals surface area contributed by atoms with Gasteiger partial charge in [0.05, 0.1) is 54.2 Å². The number of benzene rings is 2. The summed E-state index contributed by atoms with van der Waals surface area (Å²) >= 11 is 7.53. The second-order valence-corrected chi connectivity index (χ2v) is 10.6. The molecule has 4 aromatic rings. The largest absolute Gasteiger partial charge is 0.490 e. The lowest BCUT2D eigenvalue weighted by Crippen LogP contribution is -2.39. The number of fused-ring (bicyclic) bond motifs is 1. The van der Waals surface area contributed by atoms with Crippen LogP contribution in [0.2, 0.25) is 5.02 Å². The predicted octanol–water partition coefficient (Wildman–Crippen LogP) is 4.52. The minimum atomic E-state index is -0.826. The molecule has 1 atom stereocenters. The molecule has 0 saturated heterocycles. The van der Waals surface area contributed by atoms with Crippen LogP contribution < -0.4 is 24.4 Å². The second-order valence-electron chi connectivity index (χ2n) is 9.14. The van der Waals surface area contributed by atoms with Crippen LogP contribution in [-0.2, 0) is 14.3 Å². The summed E-state index contributed by atoms with van der Waals surface area (Å²) in [4.78, 5) is 43.5. The molecule has 2 aromatic carbocycles. The fourth-order valence-electron chi connectivity index (χ4n) is 4.65. The van der Waals surface area contributed by atoms with Gasteiger partial charge in [-0.1, -0.05) is 29.0 Å². The van der Waals surface area contributed by atoms with Crippen LogP contribution in [0.3, 0.4) is 0 Å². The topological polar surface area (TPSA) is 119 Å². The third-order valence-corrected chi connectivity index (χ3v) is 7.89. The van der Waals surface area contributed by atoms with E-state index in [4.69, 9.17) is 35.0 Å². The van der Waals surface area contributed by atoms with Crippen LogP contribution in [0.25, 0.3) is 17.4 Å². The van der Waals surface area contributed by atoms with Crippen LogP contribution in [0.15, 0.2) is 74.5 Å². The average molecular weight is 623 g/mol. The molecule has 0 saturated carbocycles. The molecule has 43 heavy (non-hydrogen) atoms. The van der Waals surface area contributed by atoms with E-state index in [9.17, 15) is 14.4 Å². The number of methoxy groups -OCH3 is 2. The first-order valence-corrected chi connectivity index (χ1v) is 14.5. The Kier molecular flexibility index (Phi) is 8.84. The van der Waals surface area contributed by atoms with E-state index in [0.717, 1.165) is 11.3 Å². The van der Waals surface area contributed by atoms with Gasteiger partial charge >= 0.3 is 11.9 Å². The molecule has 0 bridgehead atoms. The van der Waals surface area contributed by atoms with Gasteiger partial charge in [-0.25, -0.2) is 14.6 Å². The van der Waals surface area contributed by atoms with Crippen LogP contribution >= 0.6 is 22.9 Å². The number of aromatic nitrogens is 1. The summed E-state index contributed by atoms with van der Waals surface area (Å²) in [5, 5.41) is 0.380. The van der Waals surface area contributed by atoms with Crippen LogP contribution in [-0.4, -0.2) is 43.9 Å². The number of carbonyl (C=O) groups is 2. The zero-order chi connectivity index (χ0) is 30.7. The van der Waals surface area contributed by atoms with Crippen molar-refractivity contribution in [3.63, 3.8) is 0 Å². The number of furan rings is 1. The van der Waals surface area contributed by atoms with Crippen molar-refractivity contribution in [1.82, 2.24) is 4.57 Å². The number of thiazole rings is 1. The van der Waals surface area contributed by atoms with E-state index in [1.54, 1.807) is 54.6 Å². The molecule has 2 aromatic heterocycles. The normalized spacial score (nSPS) is 14.4. The number of carbonyl (C=O) groups excluding carboxylic acids is 2. The fourth-order valence-corrected chi connectivity index (χ4v) is 5.81. The van der Waals surface area contributed by atoms with Crippen molar-refractivity contribution in [2.75, 3.05) is 27.4 Å². The van der Waals surface area contributed by atoms with E-state index < -0.39 is 18.0 Å². The molecule has 12 heteroatoms. The van der Waals surface area contributed by atoms with E-state index >= 15 is 0 Å². The van der Waals surface area contributed by atoms with Gasteiger partial charge in [-0.2, -0.15) is 0 Å². The molecule has 0 aliphatic carbocycles. The molecule has 0 amide bonds. The van der Waals surface area contributed by atoms with Gasteiger partial charge in [-0.15, -0.1) is 0 Å². The van der Waals surface area contributed by atoms with Gasteiger partial charge in [0.15, 0.2) is 16.3 Å². The molecular weight excluding hydrogens is 596 g/mol. The first-order chi connectivity index (χ1) is 20.8. The van der Waals surface area contributed by atoms with Crippen molar-refractivity contribution in [2.45, 2.75) is 19.9 Å². The van der Waals surface area contributed by atoms with Gasteiger partial charge < -0.3 is 23.4 Å². The number of hydrogen-bond acceptors (Lipinski definition) is 10. The van der Waals surface area contributed by atoms with Crippen molar-refractivity contribution in [2.24, 2.45) is 4.99 Å². The second kappa shape index (κ2) is 12.7. The molecule has 3 heterocycles. The Labute approximate surface area is 255 Å². The smallest absolute Gasteiger partial charge is 0.337 e. The summed E-state index contributed by atoms with van der Waals surface area (Å²) in [6, 6.07) is 12.6. The SMILES string of the molecule is CCOc1ccc([C@@H]2C(C(=O)OC)=CN=c3s/c(=C\c4ccc(-c5cc(C(=O)OC)ccc5Cl)o4)c(=O)n32)cc1OCC. The van der Waals surface area contributed by atoms with Gasteiger partial charge in [-0.3, -0.25) is 9.36 Å². The quantitative estimate of drug-likeness (QED) is 0.250. The molecular formula is C31H27ClN2O8S. The third kappa shape index (κ3) is 5.86.